The van der Waals surface area contributed by atoms with Gasteiger partial charge in [0, 0.05) is 19.0 Å². The van der Waals surface area contributed by atoms with Gasteiger partial charge in [-0.3, -0.25) is 4.79 Å². The highest BCUT2D eigenvalue weighted by Crippen LogP contribution is 2.42. The molecule has 34 heavy (non-hydrogen) atoms. The van der Waals surface area contributed by atoms with E-state index in [0.29, 0.717) is 4.90 Å². The monoisotopic (exact) mass is 536 g/mol. The largest absolute Gasteiger partial charge is 0.743 e. The second-order valence-corrected chi connectivity index (χ2v) is 8.50. The summed E-state index contributed by atoms with van der Waals surface area (Å²) in [5.41, 5.74) is 0. The predicted molar refractivity (Wildman–Crippen MR) is 97.0 cm³/mol. The topological polar surface area (TPSA) is 113 Å². The molecule has 1 unspecified atom stereocenters. The lowest BCUT2D eigenvalue weighted by Crippen LogP contribution is -2.63. The molecule has 0 N–H and O–H groups in total. The third-order valence-electron chi connectivity index (χ3n) is 4.27. The fraction of sp³-hybridized carbons (Fsp3) is 0.765. The zero-order chi connectivity index (χ0) is 27.3. The van der Waals surface area contributed by atoms with Crippen LogP contribution in [0.15, 0.2) is 12.4 Å². The van der Waals surface area contributed by atoms with Crippen LogP contribution in [0, 0.1) is 0 Å². The number of hydrogen-bond donors (Lipinski definition) is 0. The van der Waals surface area contributed by atoms with Gasteiger partial charge in [0.25, 0.3) is 0 Å². The Balaban J connectivity index is 5.82. The zero-order valence-corrected chi connectivity index (χ0v) is 18.9. The normalized spacial score (nSPS) is 15.1. The third kappa shape index (κ3) is 7.00. The number of amides is 1. The predicted octanol–water partition coefficient (Wildman–Crippen LogP) is 3.49. The molecule has 200 valence electrons. The molecule has 0 saturated heterocycles. The Bertz CT molecular complexity index is 860. The molecule has 8 nitrogen and oxygen atoms in total. The van der Waals surface area contributed by atoms with Crippen molar-refractivity contribution in [1.82, 2.24) is 4.90 Å². The number of nitrogens with zero attached hydrogens (tertiary/aromatic N) is 1. The summed E-state index contributed by atoms with van der Waals surface area (Å²) < 4.78 is 147. The minimum absolute atomic E-state index is 0.364. The molecule has 0 aromatic carbocycles. The number of likely N-dealkylation sites (N-methyl/N-ethyl adjacent to an activating group) is 1. The lowest BCUT2D eigenvalue weighted by Gasteiger charge is -2.38. The summed E-state index contributed by atoms with van der Waals surface area (Å²) in [6.07, 6.45) is -9.85. The van der Waals surface area contributed by atoms with Crippen molar-refractivity contribution in [2.45, 2.75) is 69.2 Å². The molecule has 0 aromatic heterocycles. The second kappa shape index (κ2) is 11.2. The van der Waals surface area contributed by atoms with Gasteiger partial charge < -0.3 is 18.9 Å². The van der Waals surface area contributed by atoms with E-state index in [0.717, 1.165) is 0 Å². The van der Waals surface area contributed by atoms with Crippen LogP contribution in [0.2, 0.25) is 0 Å². The molecule has 0 aliphatic rings. The van der Waals surface area contributed by atoms with E-state index in [4.69, 9.17) is 0 Å². The maximum atomic E-state index is 13.9. The first-order valence-corrected chi connectivity index (χ1v) is 10.8. The summed E-state index contributed by atoms with van der Waals surface area (Å²) in [7, 11) is -6.76. The number of ether oxygens (including phenoxy) is 2. The Morgan fingerprint density at radius 3 is 1.91 bits per heavy atom. The number of carbonyl (C=O) groups excluding carboxylic acids is 2. The number of halogens is 8. The highest BCUT2D eigenvalue weighted by atomic mass is 32.2. The van der Waals surface area contributed by atoms with Gasteiger partial charge in [0.05, 0.1) is 6.61 Å². The van der Waals surface area contributed by atoms with Crippen LogP contribution in [-0.2, 0) is 29.2 Å². The second-order valence-electron chi connectivity index (χ2n) is 7.07. The summed E-state index contributed by atoms with van der Waals surface area (Å²) in [4.78, 5) is 24.7. The maximum absolute atomic E-state index is 13.9. The van der Waals surface area contributed by atoms with E-state index in [1.165, 1.54) is 20.8 Å². The summed E-state index contributed by atoms with van der Waals surface area (Å²) >= 11 is 0. The maximum Gasteiger partial charge on any atom is 0.466 e. The fourth-order valence-corrected chi connectivity index (χ4v) is 2.98. The first-order valence-electron chi connectivity index (χ1n) is 9.39. The lowest BCUT2D eigenvalue weighted by atomic mass is 10.1. The van der Waals surface area contributed by atoms with Crippen molar-refractivity contribution in [1.29, 1.82) is 0 Å². The van der Waals surface area contributed by atoms with E-state index in [2.05, 4.69) is 16.1 Å². The van der Waals surface area contributed by atoms with Crippen molar-refractivity contribution in [3.8, 4) is 0 Å². The molecule has 0 fully saturated rings. The van der Waals surface area contributed by atoms with Crippen LogP contribution in [0.5, 0.6) is 0 Å². The van der Waals surface area contributed by atoms with Crippen LogP contribution >= 0.6 is 0 Å². The highest BCUT2D eigenvalue weighted by Gasteiger charge is 2.68. The van der Waals surface area contributed by atoms with Crippen LogP contribution in [0.25, 0.3) is 0 Å². The van der Waals surface area contributed by atoms with Gasteiger partial charge in [0.2, 0.25) is 5.83 Å². The summed E-state index contributed by atoms with van der Waals surface area (Å²) in [6, 6.07) is -0.912. The molecule has 0 aliphatic carbocycles. The molecule has 0 saturated carbocycles. The molecule has 0 heterocycles. The van der Waals surface area contributed by atoms with Crippen LogP contribution in [0.1, 0.15) is 40.0 Å². The quantitative estimate of drug-likeness (QED) is 0.0885. The van der Waals surface area contributed by atoms with Crippen LogP contribution < -0.4 is 0 Å². The van der Waals surface area contributed by atoms with Gasteiger partial charge in [-0.25, -0.2) is 13.2 Å². The Hall–Kier alpha value is -2.01. The fourth-order valence-electron chi connectivity index (χ4n) is 2.51. The number of carbonyl (C=O) groups is 2. The van der Waals surface area contributed by atoms with E-state index in [1.807, 2.05) is 0 Å². The van der Waals surface area contributed by atoms with E-state index >= 15 is 0 Å². The summed E-state index contributed by atoms with van der Waals surface area (Å²) in [5, 5.41) is -6.00. The molecule has 0 aromatic rings. The average Bonchev–Trinajstić information content (AvgIpc) is 2.64. The first-order chi connectivity index (χ1) is 15.1. The van der Waals surface area contributed by atoms with E-state index in [-0.39, 0.29) is 6.54 Å². The molecular weight excluding hydrogens is 514 g/mol. The van der Waals surface area contributed by atoms with Crippen LogP contribution in [-0.4, -0.2) is 72.1 Å². The number of unbranched alkanes of at least 4 members (excludes halogenated alkanes) is 1. The van der Waals surface area contributed by atoms with Gasteiger partial charge in [-0.2, -0.15) is 35.1 Å². The van der Waals surface area contributed by atoms with Gasteiger partial charge in [-0.05, 0) is 33.6 Å². The van der Waals surface area contributed by atoms with Gasteiger partial charge in [0.15, 0.2) is 10.1 Å². The Labute approximate surface area is 189 Å². The van der Waals surface area contributed by atoms with Crippen molar-refractivity contribution in [3.05, 3.63) is 12.4 Å². The van der Waals surface area contributed by atoms with E-state index in [1.54, 1.807) is 0 Å². The van der Waals surface area contributed by atoms with Gasteiger partial charge in [-0.15, -0.1) is 0 Å². The minimum Gasteiger partial charge on any atom is -0.743 e. The van der Waals surface area contributed by atoms with Crippen molar-refractivity contribution in [3.63, 3.8) is 0 Å². The van der Waals surface area contributed by atoms with Crippen molar-refractivity contribution in [2.24, 2.45) is 0 Å². The number of alkyl halides is 7. The average molecular weight is 536 g/mol. The standard InChI is InChI=1S/C17H23F8NO7S/c1-5-26(10(2)3)13(28)15(16(21,22)23,33-12(27)11(4)18)32-9-7-6-8-14(19,20)17(24,25)34(29,30)31/h10H,4-9H2,1-3H3,(H,29,30,31)/p-1. The third-order valence-corrected chi connectivity index (χ3v) is 5.19. The van der Waals surface area contributed by atoms with Gasteiger partial charge in [-0.1, -0.05) is 6.58 Å². The Morgan fingerprint density at radius 1 is 1.06 bits per heavy atom. The van der Waals surface area contributed by atoms with E-state index < -0.39 is 82.9 Å². The van der Waals surface area contributed by atoms with E-state index in [9.17, 15) is 57.7 Å². The Kier molecular flexibility index (Phi) is 10.5. The SMILES string of the molecule is C=C(F)C(=O)OC(OCCCCC(F)(F)C(F)(F)S(=O)(=O)[O-])(C(=O)N(CC)C(C)C)C(F)(F)F. The molecule has 1 atom stereocenters. The molecule has 0 rings (SSSR count). The molecule has 0 spiro atoms. The summed E-state index contributed by atoms with van der Waals surface area (Å²) in [5.74, 6) is -16.2. The molecular formula is C17H22F8NO7S-. The smallest absolute Gasteiger partial charge is 0.466 e. The molecule has 0 radical (unpaired) electrons. The number of rotatable bonds is 13. The van der Waals surface area contributed by atoms with Crippen LogP contribution in [0.3, 0.4) is 0 Å². The lowest BCUT2D eigenvalue weighted by molar-refractivity contribution is -0.351. The number of esters is 1. The minimum atomic E-state index is -6.76. The van der Waals surface area contributed by atoms with Crippen molar-refractivity contribution in [2.75, 3.05) is 13.2 Å². The molecule has 17 heteroatoms. The molecule has 0 bridgehead atoms. The van der Waals surface area contributed by atoms with Crippen LogP contribution in [0.4, 0.5) is 35.1 Å². The van der Waals surface area contributed by atoms with Crippen molar-refractivity contribution >= 4 is 22.0 Å². The molecule has 0 aliphatic heterocycles. The number of hydrogen-bond acceptors (Lipinski definition) is 7. The zero-order valence-electron chi connectivity index (χ0n) is 18.1. The molecule has 1 amide bonds. The Morgan fingerprint density at radius 2 is 1.56 bits per heavy atom. The van der Waals surface area contributed by atoms with Crippen molar-refractivity contribution < 1.29 is 67.2 Å². The van der Waals surface area contributed by atoms with Gasteiger partial charge in [0.1, 0.15) is 0 Å². The summed E-state index contributed by atoms with van der Waals surface area (Å²) in [6.45, 7) is 4.57. The first kappa shape index (κ1) is 32.0. The van der Waals surface area contributed by atoms with Gasteiger partial charge >= 0.3 is 35.0 Å². The highest BCUT2D eigenvalue weighted by molar-refractivity contribution is 7.86.